The monoisotopic (exact) mass is 295 g/mol. The maximum Gasteiger partial charge on any atom is 0.271 e. The second-order valence-electron chi connectivity index (χ2n) is 6.28. The molecule has 1 amide bonds. The van der Waals surface area contributed by atoms with Gasteiger partial charge in [0.2, 0.25) is 0 Å². The van der Waals surface area contributed by atoms with E-state index in [0.29, 0.717) is 23.3 Å². The van der Waals surface area contributed by atoms with Crippen LogP contribution in [0.15, 0.2) is 6.20 Å². The fourth-order valence-electron chi connectivity index (χ4n) is 2.28. The van der Waals surface area contributed by atoms with Crippen LogP contribution in [0.2, 0.25) is 5.02 Å². The summed E-state index contributed by atoms with van der Waals surface area (Å²) >= 11 is 6.04. The molecule has 0 unspecified atom stereocenters. The van der Waals surface area contributed by atoms with Gasteiger partial charge in [-0.1, -0.05) is 39.3 Å². The highest BCUT2D eigenvalue weighted by Gasteiger charge is 2.45. The van der Waals surface area contributed by atoms with Gasteiger partial charge in [0.15, 0.2) is 0 Å². The lowest BCUT2D eigenvalue weighted by atomic mass is 9.92. The molecule has 0 aliphatic heterocycles. The summed E-state index contributed by atoms with van der Waals surface area (Å²) in [4.78, 5) is 20.7. The first-order chi connectivity index (χ1) is 9.35. The highest BCUT2D eigenvalue weighted by molar-refractivity contribution is 6.33. The Balaban J connectivity index is 2.07. The van der Waals surface area contributed by atoms with Crippen molar-refractivity contribution in [2.24, 2.45) is 11.3 Å². The van der Waals surface area contributed by atoms with Gasteiger partial charge in [0, 0.05) is 12.5 Å². The van der Waals surface area contributed by atoms with Crippen LogP contribution in [0.25, 0.3) is 0 Å². The molecule has 1 fully saturated rings. The minimum Gasteiger partial charge on any atom is -0.350 e. The zero-order chi connectivity index (χ0) is 14.9. The number of nitrogens with zero attached hydrogens (tertiary/aromatic N) is 2. The Labute approximate surface area is 125 Å². The minimum atomic E-state index is -0.203. The lowest BCUT2D eigenvalue weighted by molar-refractivity contribution is 0.0934. The van der Waals surface area contributed by atoms with Crippen molar-refractivity contribution in [3.05, 3.63) is 22.7 Å². The molecule has 1 aromatic rings. The van der Waals surface area contributed by atoms with Gasteiger partial charge in [-0.05, 0) is 24.2 Å². The molecule has 0 bridgehead atoms. The van der Waals surface area contributed by atoms with Gasteiger partial charge >= 0.3 is 0 Å². The minimum absolute atomic E-state index is 0.171. The molecule has 0 aromatic carbocycles. The number of halogens is 1. The van der Waals surface area contributed by atoms with Gasteiger partial charge in [-0.2, -0.15) is 0 Å². The van der Waals surface area contributed by atoms with Crippen LogP contribution in [0, 0.1) is 11.3 Å². The topological polar surface area (TPSA) is 54.9 Å². The molecule has 1 saturated carbocycles. The van der Waals surface area contributed by atoms with E-state index in [2.05, 4.69) is 29.1 Å². The third kappa shape index (κ3) is 3.11. The molecule has 4 nitrogen and oxygen atoms in total. The average molecular weight is 296 g/mol. The van der Waals surface area contributed by atoms with Crippen LogP contribution in [0.3, 0.4) is 0 Å². The van der Waals surface area contributed by atoms with Crippen LogP contribution in [0.4, 0.5) is 0 Å². The second kappa shape index (κ2) is 5.68. The van der Waals surface area contributed by atoms with Crippen molar-refractivity contribution >= 4 is 17.5 Å². The van der Waals surface area contributed by atoms with E-state index in [0.717, 1.165) is 0 Å². The number of nitrogens with one attached hydrogen (secondary N) is 1. The molecular formula is C15H22ClN3O. The Morgan fingerprint density at radius 2 is 2.05 bits per heavy atom. The predicted molar refractivity (Wildman–Crippen MR) is 80.0 cm³/mol. The van der Waals surface area contributed by atoms with Crippen LogP contribution in [0.1, 0.15) is 62.8 Å². The van der Waals surface area contributed by atoms with E-state index >= 15 is 0 Å². The smallest absolute Gasteiger partial charge is 0.271 e. The standard InChI is InChI=1S/C15H22ClN3O/c1-9(2)13-17-7-11(16)12(19-13)14(20)18-8-15(5-6-15)10(3)4/h7,9-10H,5-6,8H2,1-4H3,(H,18,20). The third-order valence-electron chi connectivity index (χ3n) is 4.21. The summed E-state index contributed by atoms with van der Waals surface area (Å²) in [6, 6.07) is 0. The van der Waals surface area contributed by atoms with Crippen LogP contribution < -0.4 is 5.32 Å². The molecule has 0 spiro atoms. The van der Waals surface area contributed by atoms with Crippen molar-refractivity contribution in [3.63, 3.8) is 0 Å². The Bertz CT molecular complexity index is 510. The van der Waals surface area contributed by atoms with Crippen molar-refractivity contribution < 1.29 is 4.79 Å². The molecule has 0 radical (unpaired) electrons. The molecule has 1 aliphatic rings. The summed E-state index contributed by atoms with van der Waals surface area (Å²) < 4.78 is 0. The molecule has 20 heavy (non-hydrogen) atoms. The largest absolute Gasteiger partial charge is 0.350 e. The first-order valence-corrected chi connectivity index (χ1v) is 7.54. The van der Waals surface area contributed by atoms with Gasteiger partial charge in [0.1, 0.15) is 11.5 Å². The Kier molecular flexibility index (Phi) is 4.33. The molecule has 2 rings (SSSR count). The molecule has 110 valence electrons. The molecule has 5 heteroatoms. The zero-order valence-corrected chi connectivity index (χ0v) is 13.3. The van der Waals surface area contributed by atoms with E-state index in [1.165, 1.54) is 19.0 Å². The molecule has 1 heterocycles. The molecule has 1 N–H and O–H groups in total. The van der Waals surface area contributed by atoms with Crippen molar-refractivity contribution in [2.75, 3.05) is 6.54 Å². The first-order valence-electron chi connectivity index (χ1n) is 7.16. The molecule has 1 aromatic heterocycles. The summed E-state index contributed by atoms with van der Waals surface area (Å²) in [5.74, 6) is 1.19. The highest BCUT2D eigenvalue weighted by Crippen LogP contribution is 2.51. The fourth-order valence-corrected chi connectivity index (χ4v) is 2.45. The summed E-state index contributed by atoms with van der Waals surface area (Å²) in [5, 5.41) is 3.28. The Morgan fingerprint density at radius 3 is 2.55 bits per heavy atom. The molecule has 0 atom stereocenters. The maximum absolute atomic E-state index is 12.3. The van der Waals surface area contributed by atoms with E-state index in [4.69, 9.17) is 11.6 Å². The highest BCUT2D eigenvalue weighted by atomic mass is 35.5. The predicted octanol–water partition coefficient (Wildman–Crippen LogP) is 3.42. The number of carbonyl (C=O) groups is 1. The quantitative estimate of drug-likeness (QED) is 0.905. The van der Waals surface area contributed by atoms with Crippen LogP contribution >= 0.6 is 11.6 Å². The fraction of sp³-hybridized carbons (Fsp3) is 0.667. The summed E-state index contributed by atoms with van der Waals surface area (Å²) in [5.41, 5.74) is 0.556. The van der Waals surface area contributed by atoms with E-state index < -0.39 is 0 Å². The molecule has 1 aliphatic carbocycles. The number of hydrogen-bond donors (Lipinski definition) is 1. The van der Waals surface area contributed by atoms with E-state index in [1.807, 2.05) is 13.8 Å². The van der Waals surface area contributed by atoms with Crippen molar-refractivity contribution in [3.8, 4) is 0 Å². The summed E-state index contributed by atoms with van der Waals surface area (Å²) in [6.07, 6.45) is 3.87. The Hall–Kier alpha value is -1.16. The normalized spacial score (nSPS) is 16.6. The lowest BCUT2D eigenvalue weighted by Gasteiger charge is -2.20. The van der Waals surface area contributed by atoms with Crippen LogP contribution in [0.5, 0.6) is 0 Å². The van der Waals surface area contributed by atoms with Crippen molar-refractivity contribution in [1.29, 1.82) is 0 Å². The van der Waals surface area contributed by atoms with Gasteiger partial charge in [-0.15, -0.1) is 0 Å². The van der Waals surface area contributed by atoms with Crippen LogP contribution in [-0.4, -0.2) is 22.4 Å². The van der Waals surface area contributed by atoms with E-state index in [9.17, 15) is 4.79 Å². The lowest BCUT2D eigenvalue weighted by Crippen LogP contribution is -2.33. The summed E-state index contributed by atoms with van der Waals surface area (Å²) in [6.45, 7) is 9.08. The van der Waals surface area contributed by atoms with Crippen LogP contribution in [-0.2, 0) is 0 Å². The van der Waals surface area contributed by atoms with Gasteiger partial charge in [0.05, 0.1) is 11.2 Å². The van der Waals surface area contributed by atoms with Gasteiger partial charge in [0.25, 0.3) is 5.91 Å². The second-order valence-corrected chi connectivity index (χ2v) is 6.69. The maximum atomic E-state index is 12.3. The van der Waals surface area contributed by atoms with Gasteiger partial charge < -0.3 is 5.32 Å². The Morgan fingerprint density at radius 1 is 1.40 bits per heavy atom. The number of amides is 1. The van der Waals surface area contributed by atoms with E-state index in [1.54, 1.807) is 0 Å². The number of aromatic nitrogens is 2. The van der Waals surface area contributed by atoms with Gasteiger partial charge in [-0.25, -0.2) is 9.97 Å². The third-order valence-corrected chi connectivity index (χ3v) is 4.49. The number of hydrogen-bond acceptors (Lipinski definition) is 3. The van der Waals surface area contributed by atoms with Gasteiger partial charge in [-0.3, -0.25) is 4.79 Å². The van der Waals surface area contributed by atoms with Crippen molar-refractivity contribution in [1.82, 2.24) is 15.3 Å². The zero-order valence-electron chi connectivity index (χ0n) is 12.5. The number of rotatable bonds is 5. The average Bonchev–Trinajstić information content (AvgIpc) is 3.17. The van der Waals surface area contributed by atoms with Crippen molar-refractivity contribution in [2.45, 2.75) is 46.5 Å². The molecule has 0 saturated heterocycles. The SMILES string of the molecule is CC(C)c1ncc(Cl)c(C(=O)NCC2(C(C)C)CC2)n1. The molecular weight excluding hydrogens is 274 g/mol. The summed E-state index contributed by atoms with van der Waals surface area (Å²) in [7, 11) is 0. The number of carbonyl (C=O) groups excluding carboxylic acids is 1. The van der Waals surface area contributed by atoms with E-state index in [-0.39, 0.29) is 22.9 Å². The first kappa shape index (κ1) is 15.2.